The first-order valence-electron chi connectivity index (χ1n) is 11.2. The Hall–Kier alpha value is -1.08. The van der Waals surface area contributed by atoms with Gasteiger partial charge in [-0.2, -0.15) is 0 Å². The molecule has 29 heavy (non-hydrogen) atoms. The van der Waals surface area contributed by atoms with Gasteiger partial charge in [-0.25, -0.2) is 13.8 Å². The minimum Gasteiger partial charge on any atom is -0.464 e. The summed E-state index contributed by atoms with van der Waals surface area (Å²) in [5, 5.41) is 0.381. The summed E-state index contributed by atoms with van der Waals surface area (Å²) in [7, 11) is 0. The largest absolute Gasteiger partial charge is 0.464 e. The van der Waals surface area contributed by atoms with Gasteiger partial charge in [-0.3, -0.25) is 9.69 Å². The molecule has 0 aromatic carbocycles. The molecule has 1 aromatic rings. The van der Waals surface area contributed by atoms with Crippen molar-refractivity contribution in [2.45, 2.75) is 77.2 Å². The summed E-state index contributed by atoms with van der Waals surface area (Å²) in [4.78, 5) is 20.1. The monoisotopic (exact) mass is 426 g/mol. The Morgan fingerprint density at radius 2 is 1.76 bits per heavy atom. The maximum Gasteiger partial charge on any atom is 0.273 e. The van der Waals surface area contributed by atoms with E-state index in [1.165, 1.54) is 61.2 Å². The molecule has 2 heterocycles. The third-order valence-electron chi connectivity index (χ3n) is 6.67. The second-order valence-corrected chi connectivity index (χ2v) is 10.2. The molecule has 2 saturated carbocycles. The highest BCUT2D eigenvalue weighted by molar-refractivity contribution is 7.13. The van der Waals surface area contributed by atoms with Gasteiger partial charge in [0.15, 0.2) is 6.61 Å². The number of ketones is 1. The quantitative estimate of drug-likeness (QED) is 0.522. The highest BCUT2D eigenvalue weighted by atomic mass is 32.1. The summed E-state index contributed by atoms with van der Waals surface area (Å²) in [5.74, 6) is 2.61. The Morgan fingerprint density at radius 1 is 1.10 bits per heavy atom. The van der Waals surface area contributed by atoms with Crippen molar-refractivity contribution >= 4 is 17.1 Å². The molecule has 1 aliphatic heterocycles. The maximum absolute atomic E-state index is 12.3. The summed E-state index contributed by atoms with van der Waals surface area (Å²) in [5.41, 5.74) is 1.00. The number of thiazole rings is 1. The molecule has 0 amide bonds. The van der Waals surface area contributed by atoms with Gasteiger partial charge < -0.3 is 4.74 Å². The summed E-state index contributed by atoms with van der Waals surface area (Å²) < 4.78 is 29.7. The van der Waals surface area contributed by atoms with Gasteiger partial charge in [-0.15, -0.1) is 0 Å². The molecule has 162 valence electrons. The van der Waals surface area contributed by atoms with E-state index in [1.807, 2.05) is 0 Å². The van der Waals surface area contributed by atoms with Crippen LogP contribution in [0.15, 0.2) is 0 Å². The lowest BCUT2D eigenvalue weighted by atomic mass is 9.78. The molecule has 2 fully saturated rings. The Labute approximate surface area is 176 Å². The molecule has 3 aliphatic rings. The molecule has 0 unspecified atom stereocenters. The van der Waals surface area contributed by atoms with Crippen LogP contribution in [0.1, 0.15) is 68.4 Å². The van der Waals surface area contributed by atoms with Crippen LogP contribution >= 0.6 is 11.3 Å². The molecule has 0 saturated heterocycles. The van der Waals surface area contributed by atoms with Crippen LogP contribution in [0.4, 0.5) is 8.78 Å². The Morgan fingerprint density at radius 3 is 2.41 bits per heavy atom. The Kier molecular flexibility index (Phi) is 7.16. The van der Waals surface area contributed by atoms with Gasteiger partial charge >= 0.3 is 0 Å². The average Bonchev–Trinajstić information content (AvgIpc) is 3.41. The number of hydrogen-bond donors (Lipinski definition) is 0. The number of Topliss-reactive ketones (excluding diaryl/α,β-unsaturated/α-hetero) is 1. The fourth-order valence-corrected chi connectivity index (χ4v) is 5.67. The summed E-state index contributed by atoms with van der Waals surface area (Å²) in [6.45, 7) is 2.30. The second kappa shape index (κ2) is 9.82. The number of hydrogen-bond acceptors (Lipinski definition) is 5. The van der Waals surface area contributed by atoms with E-state index in [0.717, 1.165) is 50.5 Å². The summed E-state index contributed by atoms with van der Waals surface area (Å²) >= 11 is 1.42. The van der Waals surface area contributed by atoms with Crippen LogP contribution in [0.2, 0.25) is 0 Å². The first kappa shape index (κ1) is 21.2. The normalized spacial score (nSPS) is 25.2. The fourth-order valence-electron chi connectivity index (χ4n) is 4.75. The fraction of sp³-hybridized carbons (Fsp3) is 0.818. The van der Waals surface area contributed by atoms with Crippen molar-refractivity contribution in [3.05, 3.63) is 10.6 Å². The lowest BCUT2D eigenvalue weighted by Gasteiger charge is -2.31. The standard InChI is InChI=1S/C22H32F2N2O2S/c23-21(24)14-28-22-25-19-13-26(10-8-20(19)29-22)9-7-15-1-3-16(4-2-15)11-18(27)12-17-5-6-17/h15-17,21H,1-14H2. The van der Waals surface area contributed by atoms with E-state index >= 15 is 0 Å². The Balaban J connectivity index is 1.15. The van der Waals surface area contributed by atoms with Gasteiger partial charge in [0.2, 0.25) is 0 Å². The van der Waals surface area contributed by atoms with Crippen LogP contribution in [-0.2, 0) is 17.8 Å². The highest BCUT2D eigenvalue weighted by Crippen LogP contribution is 2.37. The zero-order valence-corrected chi connectivity index (χ0v) is 17.9. The number of carbonyl (C=O) groups is 1. The first-order valence-corrected chi connectivity index (χ1v) is 12.0. The molecule has 0 spiro atoms. The smallest absolute Gasteiger partial charge is 0.273 e. The van der Waals surface area contributed by atoms with Gasteiger partial charge in [0.1, 0.15) is 5.78 Å². The predicted molar refractivity (Wildman–Crippen MR) is 110 cm³/mol. The number of carbonyl (C=O) groups excluding carboxylic acids is 1. The number of fused-ring (bicyclic) bond motifs is 1. The van der Waals surface area contributed by atoms with E-state index in [2.05, 4.69) is 9.88 Å². The number of alkyl halides is 2. The van der Waals surface area contributed by atoms with E-state index in [4.69, 9.17) is 4.74 Å². The minimum atomic E-state index is -2.46. The third kappa shape index (κ3) is 6.45. The molecule has 0 atom stereocenters. The van der Waals surface area contributed by atoms with Gasteiger partial charge in [-0.1, -0.05) is 24.2 Å². The average molecular weight is 427 g/mol. The van der Waals surface area contributed by atoms with Crippen molar-refractivity contribution in [3.63, 3.8) is 0 Å². The highest BCUT2D eigenvalue weighted by Gasteiger charge is 2.28. The molecule has 0 N–H and O–H groups in total. The molecule has 0 radical (unpaired) electrons. The third-order valence-corrected chi connectivity index (χ3v) is 7.74. The lowest BCUT2D eigenvalue weighted by Crippen LogP contribution is -2.32. The molecule has 7 heteroatoms. The maximum atomic E-state index is 12.3. The predicted octanol–water partition coefficient (Wildman–Crippen LogP) is 5.10. The van der Waals surface area contributed by atoms with Crippen LogP contribution < -0.4 is 4.74 Å². The van der Waals surface area contributed by atoms with Gasteiger partial charge in [-0.05, 0) is 62.8 Å². The molecule has 0 bridgehead atoms. The number of rotatable bonds is 10. The number of halogens is 2. The van der Waals surface area contributed by atoms with Crippen molar-refractivity contribution in [1.29, 1.82) is 0 Å². The lowest BCUT2D eigenvalue weighted by molar-refractivity contribution is -0.120. The molecule has 4 rings (SSSR count). The van der Waals surface area contributed by atoms with Gasteiger partial charge in [0, 0.05) is 30.8 Å². The number of aromatic nitrogens is 1. The van der Waals surface area contributed by atoms with E-state index in [0.29, 0.717) is 22.8 Å². The van der Waals surface area contributed by atoms with Crippen molar-refractivity contribution in [2.75, 3.05) is 19.7 Å². The van der Waals surface area contributed by atoms with Crippen LogP contribution in [0.3, 0.4) is 0 Å². The van der Waals surface area contributed by atoms with Crippen molar-refractivity contribution in [3.8, 4) is 5.19 Å². The molecule has 4 nitrogen and oxygen atoms in total. The summed E-state index contributed by atoms with van der Waals surface area (Å²) in [6.07, 6.45) is 8.79. The van der Waals surface area contributed by atoms with Crippen LogP contribution in [0.25, 0.3) is 0 Å². The van der Waals surface area contributed by atoms with Gasteiger partial charge in [0.25, 0.3) is 11.6 Å². The topological polar surface area (TPSA) is 42.4 Å². The van der Waals surface area contributed by atoms with Crippen LogP contribution in [0, 0.1) is 17.8 Å². The van der Waals surface area contributed by atoms with E-state index < -0.39 is 13.0 Å². The van der Waals surface area contributed by atoms with Crippen LogP contribution in [-0.4, -0.2) is 41.8 Å². The molecular formula is C22H32F2N2O2S. The Bertz CT molecular complexity index is 684. The number of ether oxygens (including phenoxy) is 1. The van der Waals surface area contributed by atoms with E-state index in [-0.39, 0.29) is 0 Å². The van der Waals surface area contributed by atoms with Crippen molar-refractivity contribution in [1.82, 2.24) is 9.88 Å². The number of nitrogens with zero attached hydrogens (tertiary/aromatic N) is 2. The van der Waals surface area contributed by atoms with Crippen molar-refractivity contribution in [2.24, 2.45) is 17.8 Å². The molecular weight excluding hydrogens is 394 g/mol. The SMILES string of the molecule is O=C(CC1CCC(CCN2CCc3sc(OCC(F)F)nc3C2)CC1)CC1CC1. The molecule has 2 aliphatic carbocycles. The zero-order chi connectivity index (χ0) is 20.2. The first-order chi connectivity index (χ1) is 14.0. The van der Waals surface area contributed by atoms with Crippen molar-refractivity contribution < 1.29 is 18.3 Å². The van der Waals surface area contributed by atoms with E-state index in [1.54, 1.807) is 0 Å². The van der Waals surface area contributed by atoms with Gasteiger partial charge in [0.05, 0.1) is 5.69 Å². The second-order valence-electron chi connectivity index (χ2n) is 9.14. The summed E-state index contributed by atoms with van der Waals surface area (Å²) in [6, 6.07) is 0. The minimum absolute atomic E-state index is 0.381. The van der Waals surface area contributed by atoms with E-state index in [9.17, 15) is 13.6 Å². The van der Waals surface area contributed by atoms with Crippen LogP contribution in [0.5, 0.6) is 5.19 Å². The molecule has 1 aromatic heterocycles. The zero-order valence-electron chi connectivity index (χ0n) is 17.1.